The number of nitrogens with one attached hydrogen (secondary N) is 1. The van der Waals surface area contributed by atoms with Crippen LogP contribution in [-0.4, -0.2) is 35.1 Å². The molecule has 0 bridgehead atoms. The molecule has 20 heavy (non-hydrogen) atoms. The number of carbonyl (C=O) groups excluding carboxylic acids is 1. The van der Waals surface area contributed by atoms with Crippen LogP contribution in [0.3, 0.4) is 0 Å². The number of nitrogens with zero attached hydrogens (tertiary/aromatic N) is 2. The van der Waals surface area contributed by atoms with Gasteiger partial charge < -0.3 is 21.2 Å². The van der Waals surface area contributed by atoms with Crippen LogP contribution in [0.2, 0.25) is 0 Å². The maximum atomic E-state index is 12.2. The Morgan fingerprint density at radius 3 is 2.70 bits per heavy atom. The van der Waals surface area contributed by atoms with Gasteiger partial charge in [-0.05, 0) is 37.8 Å². The number of amidine groups is 1. The molecule has 0 aromatic heterocycles. The molecular weight excluding hydrogens is 256 g/mol. The van der Waals surface area contributed by atoms with Gasteiger partial charge in [0.25, 0.3) is 0 Å². The second-order valence-corrected chi connectivity index (χ2v) is 4.99. The SMILES string of the molecule is Cc1ccc(C(N)=NO)cc1NC(=O)N1CCCCC1. The number of anilines is 1. The molecule has 1 aliphatic rings. The van der Waals surface area contributed by atoms with Crippen molar-refractivity contribution in [2.45, 2.75) is 26.2 Å². The van der Waals surface area contributed by atoms with E-state index in [2.05, 4.69) is 10.5 Å². The van der Waals surface area contributed by atoms with Gasteiger partial charge in [0.2, 0.25) is 0 Å². The highest BCUT2D eigenvalue weighted by Gasteiger charge is 2.17. The summed E-state index contributed by atoms with van der Waals surface area (Å²) in [6.45, 7) is 3.50. The first-order valence-electron chi connectivity index (χ1n) is 6.76. The first-order valence-corrected chi connectivity index (χ1v) is 6.76. The molecule has 0 radical (unpaired) electrons. The first kappa shape index (κ1) is 14.2. The fourth-order valence-electron chi connectivity index (χ4n) is 2.26. The molecule has 0 saturated carbocycles. The van der Waals surface area contributed by atoms with Crippen molar-refractivity contribution < 1.29 is 10.0 Å². The predicted octanol–water partition coefficient (Wildman–Crippen LogP) is 2.11. The van der Waals surface area contributed by atoms with E-state index in [-0.39, 0.29) is 11.9 Å². The van der Waals surface area contributed by atoms with Crippen LogP contribution in [0.1, 0.15) is 30.4 Å². The van der Waals surface area contributed by atoms with Gasteiger partial charge in [0.15, 0.2) is 5.84 Å². The highest BCUT2D eigenvalue weighted by atomic mass is 16.4. The molecule has 2 amide bonds. The number of benzene rings is 1. The van der Waals surface area contributed by atoms with Crippen LogP contribution >= 0.6 is 0 Å². The molecule has 0 aliphatic carbocycles. The second-order valence-electron chi connectivity index (χ2n) is 4.99. The fourth-order valence-corrected chi connectivity index (χ4v) is 2.26. The lowest BCUT2D eigenvalue weighted by molar-refractivity contribution is 0.200. The second kappa shape index (κ2) is 6.27. The quantitative estimate of drug-likeness (QED) is 0.334. The summed E-state index contributed by atoms with van der Waals surface area (Å²) in [5, 5.41) is 14.6. The number of nitrogens with two attached hydrogens (primary N) is 1. The van der Waals surface area contributed by atoms with E-state index in [1.165, 1.54) is 6.42 Å². The lowest BCUT2D eigenvalue weighted by Crippen LogP contribution is -2.38. The summed E-state index contributed by atoms with van der Waals surface area (Å²) in [6, 6.07) is 5.20. The minimum atomic E-state index is -0.0931. The molecule has 1 aromatic carbocycles. The first-order chi connectivity index (χ1) is 9.61. The minimum Gasteiger partial charge on any atom is -0.409 e. The molecule has 0 spiro atoms. The Hall–Kier alpha value is -2.24. The molecular formula is C14H20N4O2. The Morgan fingerprint density at radius 2 is 2.05 bits per heavy atom. The summed E-state index contributed by atoms with van der Waals surface area (Å²) in [5.41, 5.74) is 7.76. The average molecular weight is 276 g/mol. The van der Waals surface area contributed by atoms with Crippen LogP contribution in [0.15, 0.2) is 23.4 Å². The van der Waals surface area contributed by atoms with Gasteiger partial charge in [-0.2, -0.15) is 0 Å². The van der Waals surface area contributed by atoms with Gasteiger partial charge in [0, 0.05) is 24.3 Å². The third-order valence-electron chi connectivity index (χ3n) is 3.53. The van der Waals surface area contributed by atoms with Crippen LogP contribution in [0.4, 0.5) is 10.5 Å². The zero-order valence-electron chi connectivity index (χ0n) is 11.6. The Kier molecular flexibility index (Phi) is 4.45. The number of likely N-dealkylation sites (tertiary alicyclic amines) is 1. The Bertz CT molecular complexity index is 522. The molecule has 4 N–H and O–H groups in total. The largest absolute Gasteiger partial charge is 0.409 e. The Labute approximate surface area is 118 Å². The molecule has 6 heteroatoms. The van der Waals surface area contributed by atoms with Crippen LogP contribution in [0.25, 0.3) is 0 Å². The van der Waals surface area contributed by atoms with E-state index in [1.807, 2.05) is 17.9 Å². The third-order valence-corrected chi connectivity index (χ3v) is 3.53. The molecule has 0 atom stereocenters. The molecule has 108 valence electrons. The van der Waals surface area contributed by atoms with E-state index in [9.17, 15) is 4.79 Å². The topological polar surface area (TPSA) is 91.0 Å². The number of rotatable bonds is 2. The number of hydrogen-bond acceptors (Lipinski definition) is 3. The summed E-state index contributed by atoms with van der Waals surface area (Å²) in [7, 11) is 0. The van der Waals surface area contributed by atoms with Gasteiger partial charge >= 0.3 is 6.03 Å². The van der Waals surface area contributed by atoms with Crippen molar-refractivity contribution in [3.63, 3.8) is 0 Å². The Balaban J connectivity index is 2.13. The van der Waals surface area contributed by atoms with Gasteiger partial charge in [-0.15, -0.1) is 0 Å². The maximum absolute atomic E-state index is 12.2. The van der Waals surface area contributed by atoms with Crippen molar-refractivity contribution in [2.24, 2.45) is 10.9 Å². The summed E-state index contributed by atoms with van der Waals surface area (Å²) < 4.78 is 0. The summed E-state index contributed by atoms with van der Waals surface area (Å²) in [5.74, 6) is 0.0264. The van der Waals surface area contributed by atoms with E-state index in [4.69, 9.17) is 10.9 Å². The summed E-state index contributed by atoms with van der Waals surface area (Å²) >= 11 is 0. The van der Waals surface area contributed by atoms with Crippen LogP contribution in [0, 0.1) is 6.92 Å². The van der Waals surface area contributed by atoms with E-state index in [1.54, 1.807) is 12.1 Å². The number of piperidine rings is 1. The standard InChI is InChI=1S/C14H20N4O2/c1-10-5-6-11(13(15)17-20)9-12(10)16-14(19)18-7-3-2-4-8-18/h5-6,9,20H,2-4,7-8H2,1H3,(H2,15,17)(H,16,19). The molecule has 0 unspecified atom stereocenters. The van der Waals surface area contributed by atoms with Gasteiger partial charge in [0.1, 0.15) is 0 Å². The van der Waals surface area contributed by atoms with Crippen molar-refractivity contribution in [3.05, 3.63) is 29.3 Å². The number of carbonyl (C=O) groups is 1. The molecule has 1 saturated heterocycles. The van der Waals surface area contributed by atoms with Gasteiger partial charge in [-0.1, -0.05) is 17.3 Å². The number of amides is 2. The smallest absolute Gasteiger partial charge is 0.321 e. The van der Waals surface area contributed by atoms with E-state index < -0.39 is 0 Å². The van der Waals surface area contributed by atoms with Crippen LogP contribution in [0.5, 0.6) is 0 Å². The van der Waals surface area contributed by atoms with Crippen molar-refractivity contribution in [1.82, 2.24) is 4.90 Å². The molecule has 1 fully saturated rings. The fraction of sp³-hybridized carbons (Fsp3) is 0.429. The predicted molar refractivity (Wildman–Crippen MR) is 78.1 cm³/mol. The Morgan fingerprint density at radius 1 is 1.35 bits per heavy atom. The van der Waals surface area contributed by atoms with Crippen molar-refractivity contribution in [3.8, 4) is 0 Å². The van der Waals surface area contributed by atoms with Crippen LogP contribution < -0.4 is 11.1 Å². The minimum absolute atomic E-state index is 0.0264. The van der Waals surface area contributed by atoms with E-state index in [0.29, 0.717) is 11.3 Å². The highest BCUT2D eigenvalue weighted by Crippen LogP contribution is 2.18. The molecule has 2 rings (SSSR count). The number of oxime groups is 1. The van der Waals surface area contributed by atoms with Crippen LogP contribution in [-0.2, 0) is 0 Å². The third kappa shape index (κ3) is 3.20. The number of hydrogen-bond donors (Lipinski definition) is 3. The zero-order chi connectivity index (χ0) is 14.5. The van der Waals surface area contributed by atoms with Crippen molar-refractivity contribution >= 4 is 17.6 Å². The monoisotopic (exact) mass is 276 g/mol. The molecule has 1 aromatic rings. The van der Waals surface area contributed by atoms with E-state index >= 15 is 0 Å². The van der Waals surface area contributed by atoms with E-state index in [0.717, 1.165) is 31.5 Å². The number of urea groups is 1. The van der Waals surface area contributed by atoms with Gasteiger partial charge in [-0.25, -0.2) is 4.79 Å². The average Bonchev–Trinajstić information content (AvgIpc) is 2.49. The van der Waals surface area contributed by atoms with Crippen molar-refractivity contribution in [2.75, 3.05) is 18.4 Å². The molecule has 6 nitrogen and oxygen atoms in total. The molecule has 1 heterocycles. The number of aryl methyl sites for hydroxylation is 1. The summed E-state index contributed by atoms with van der Waals surface area (Å²) in [6.07, 6.45) is 3.29. The van der Waals surface area contributed by atoms with Gasteiger partial charge in [-0.3, -0.25) is 0 Å². The lowest BCUT2D eigenvalue weighted by Gasteiger charge is -2.27. The maximum Gasteiger partial charge on any atom is 0.321 e. The zero-order valence-corrected chi connectivity index (χ0v) is 11.6. The highest BCUT2D eigenvalue weighted by molar-refractivity contribution is 5.99. The molecule has 1 aliphatic heterocycles. The van der Waals surface area contributed by atoms with Gasteiger partial charge in [0.05, 0.1) is 0 Å². The lowest BCUT2D eigenvalue weighted by atomic mass is 10.1. The normalized spacial score (nSPS) is 16.1. The summed E-state index contributed by atoms with van der Waals surface area (Å²) in [4.78, 5) is 14.0. The van der Waals surface area contributed by atoms with Crippen molar-refractivity contribution in [1.29, 1.82) is 0 Å².